The Labute approximate surface area is 146 Å². The number of nitrogens with zero attached hydrogens (tertiary/aromatic N) is 3. The molecular weight excluding hydrogens is 314 g/mol. The second-order valence-electron chi connectivity index (χ2n) is 5.65. The maximum atomic E-state index is 12.1. The molecule has 0 spiro atoms. The predicted octanol–water partition coefficient (Wildman–Crippen LogP) is 2.72. The minimum atomic E-state index is -0.245. The van der Waals surface area contributed by atoms with Crippen LogP contribution >= 0.6 is 0 Å². The third kappa shape index (κ3) is 4.84. The van der Waals surface area contributed by atoms with Crippen LogP contribution in [0.3, 0.4) is 0 Å². The van der Waals surface area contributed by atoms with Gasteiger partial charge < -0.3 is 10.6 Å². The van der Waals surface area contributed by atoms with Gasteiger partial charge in [0.25, 0.3) is 5.91 Å². The molecule has 2 N–H and O–H groups in total. The lowest BCUT2D eigenvalue weighted by molar-refractivity contribution is 0.0945. The zero-order valence-corrected chi connectivity index (χ0v) is 13.9. The van der Waals surface area contributed by atoms with Crippen LogP contribution in [0.5, 0.6) is 0 Å². The maximum absolute atomic E-state index is 12.1. The van der Waals surface area contributed by atoms with Crippen LogP contribution in [0.2, 0.25) is 0 Å². The highest BCUT2D eigenvalue weighted by Crippen LogP contribution is 2.06. The number of pyridine rings is 1. The minimum Gasteiger partial charge on any atom is -0.363 e. The Balaban J connectivity index is 1.53. The second-order valence-corrected chi connectivity index (χ2v) is 5.65. The Hall–Kier alpha value is -3.28. The Kier molecular flexibility index (Phi) is 5.31. The third-order valence-electron chi connectivity index (χ3n) is 3.61. The summed E-state index contributed by atoms with van der Waals surface area (Å²) < 4.78 is 0. The molecular formula is C19H19N5O. The van der Waals surface area contributed by atoms with Crippen LogP contribution in [0.1, 0.15) is 27.3 Å². The number of anilines is 1. The van der Waals surface area contributed by atoms with Gasteiger partial charge in [-0.1, -0.05) is 35.9 Å². The van der Waals surface area contributed by atoms with Crippen molar-refractivity contribution in [1.82, 2.24) is 20.5 Å². The Morgan fingerprint density at radius 2 is 1.92 bits per heavy atom. The molecule has 0 atom stereocenters. The van der Waals surface area contributed by atoms with Gasteiger partial charge in [0.05, 0.1) is 12.2 Å². The Morgan fingerprint density at radius 1 is 1.00 bits per heavy atom. The molecule has 126 valence electrons. The highest BCUT2D eigenvalue weighted by molar-refractivity contribution is 5.92. The van der Waals surface area contributed by atoms with Gasteiger partial charge in [-0.3, -0.25) is 9.78 Å². The first-order valence-corrected chi connectivity index (χ1v) is 8.02. The number of nitrogens with one attached hydrogen (secondary N) is 2. The van der Waals surface area contributed by atoms with Crippen LogP contribution in [-0.4, -0.2) is 21.1 Å². The van der Waals surface area contributed by atoms with Gasteiger partial charge in [0.15, 0.2) is 5.69 Å². The number of hydrogen-bond acceptors (Lipinski definition) is 5. The molecule has 0 aliphatic rings. The Morgan fingerprint density at radius 3 is 2.64 bits per heavy atom. The Bertz CT molecular complexity index is 834. The van der Waals surface area contributed by atoms with E-state index >= 15 is 0 Å². The van der Waals surface area contributed by atoms with Crippen LogP contribution in [0.25, 0.3) is 0 Å². The number of rotatable bonds is 6. The van der Waals surface area contributed by atoms with Crippen molar-refractivity contribution < 1.29 is 4.79 Å². The van der Waals surface area contributed by atoms with E-state index in [1.165, 1.54) is 0 Å². The van der Waals surface area contributed by atoms with E-state index < -0.39 is 0 Å². The average molecular weight is 333 g/mol. The van der Waals surface area contributed by atoms with Crippen molar-refractivity contribution in [3.8, 4) is 0 Å². The molecule has 0 aliphatic carbocycles. The van der Waals surface area contributed by atoms with Crippen molar-refractivity contribution in [2.75, 3.05) is 5.32 Å². The summed E-state index contributed by atoms with van der Waals surface area (Å²) in [6.07, 6.45) is 1.74. The second kappa shape index (κ2) is 8.01. The molecule has 25 heavy (non-hydrogen) atoms. The van der Waals surface area contributed by atoms with E-state index in [4.69, 9.17) is 0 Å². The highest BCUT2D eigenvalue weighted by Gasteiger charge is 2.08. The maximum Gasteiger partial charge on any atom is 0.272 e. The molecule has 0 saturated carbocycles. The summed E-state index contributed by atoms with van der Waals surface area (Å²) in [7, 11) is 0. The first kappa shape index (κ1) is 16.6. The van der Waals surface area contributed by atoms with Gasteiger partial charge >= 0.3 is 0 Å². The van der Waals surface area contributed by atoms with Crippen molar-refractivity contribution in [2.24, 2.45) is 0 Å². The number of carbonyl (C=O) groups excluding carboxylic acids is 1. The summed E-state index contributed by atoms with van der Waals surface area (Å²) in [6.45, 7) is 3.03. The van der Waals surface area contributed by atoms with Gasteiger partial charge in [-0.15, -0.1) is 10.2 Å². The monoisotopic (exact) mass is 333 g/mol. The number of hydrogen-bond donors (Lipinski definition) is 2. The standard InChI is InChI=1S/C19H19N5O/c1-14-5-4-6-15(11-14)12-22-19(25)17-8-9-18(24-23-17)21-13-16-7-2-3-10-20-16/h2-11H,12-13H2,1H3,(H,21,24)(H,22,25). The lowest BCUT2D eigenvalue weighted by Crippen LogP contribution is -2.24. The van der Waals surface area contributed by atoms with Crippen molar-refractivity contribution in [3.05, 3.63) is 83.3 Å². The van der Waals surface area contributed by atoms with Crippen molar-refractivity contribution >= 4 is 11.7 Å². The molecule has 6 nitrogen and oxygen atoms in total. The molecule has 2 aromatic heterocycles. The zero-order valence-electron chi connectivity index (χ0n) is 13.9. The van der Waals surface area contributed by atoms with E-state index in [-0.39, 0.29) is 11.6 Å². The van der Waals surface area contributed by atoms with Crippen LogP contribution < -0.4 is 10.6 Å². The van der Waals surface area contributed by atoms with E-state index in [1.807, 2.05) is 49.4 Å². The number of amides is 1. The highest BCUT2D eigenvalue weighted by atomic mass is 16.1. The van der Waals surface area contributed by atoms with Crippen molar-refractivity contribution in [1.29, 1.82) is 0 Å². The normalized spacial score (nSPS) is 10.3. The number of carbonyl (C=O) groups is 1. The largest absolute Gasteiger partial charge is 0.363 e. The summed E-state index contributed by atoms with van der Waals surface area (Å²) >= 11 is 0. The van der Waals surface area contributed by atoms with Crippen LogP contribution in [0, 0.1) is 6.92 Å². The molecule has 0 fully saturated rings. The molecule has 0 radical (unpaired) electrons. The van der Waals surface area contributed by atoms with E-state index in [9.17, 15) is 4.79 Å². The van der Waals surface area contributed by atoms with Gasteiger partial charge in [0, 0.05) is 12.7 Å². The van der Waals surface area contributed by atoms with E-state index in [0.29, 0.717) is 18.9 Å². The zero-order chi connectivity index (χ0) is 17.5. The van der Waals surface area contributed by atoms with Gasteiger partial charge in [0.2, 0.25) is 0 Å². The third-order valence-corrected chi connectivity index (χ3v) is 3.61. The van der Waals surface area contributed by atoms with E-state index in [2.05, 4.69) is 25.8 Å². The first-order chi connectivity index (χ1) is 12.2. The smallest absolute Gasteiger partial charge is 0.272 e. The lowest BCUT2D eigenvalue weighted by Gasteiger charge is -2.07. The molecule has 0 unspecified atom stereocenters. The van der Waals surface area contributed by atoms with Crippen molar-refractivity contribution in [2.45, 2.75) is 20.0 Å². The predicted molar refractivity (Wildman–Crippen MR) is 95.9 cm³/mol. The van der Waals surface area contributed by atoms with Gasteiger partial charge in [0.1, 0.15) is 5.82 Å². The van der Waals surface area contributed by atoms with Gasteiger partial charge in [-0.25, -0.2) is 0 Å². The molecule has 0 saturated heterocycles. The van der Waals surface area contributed by atoms with Crippen LogP contribution in [-0.2, 0) is 13.1 Å². The molecule has 1 aromatic carbocycles. The summed E-state index contributed by atoms with van der Waals surface area (Å²) in [5.74, 6) is 0.353. The number of benzene rings is 1. The van der Waals surface area contributed by atoms with E-state index in [0.717, 1.165) is 16.8 Å². The van der Waals surface area contributed by atoms with Gasteiger partial charge in [-0.05, 0) is 36.8 Å². The fourth-order valence-corrected chi connectivity index (χ4v) is 2.33. The van der Waals surface area contributed by atoms with Gasteiger partial charge in [-0.2, -0.15) is 0 Å². The molecule has 0 bridgehead atoms. The molecule has 1 amide bonds. The number of aryl methyl sites for hydroxylation is 1. The minimum absolute atomic E-state index is 0.245. The summed E-state index contributed by atoms with van der Waals surface area (Å²) in [5, 5.41) is 14.0. The molecule has 3 rings (SSSR count). The topological polar surface area (TPSA) is 79.8 Å². The van der Waals surface area contributed by atoms with Crippen LogP contribution in [0.4, 0.5) is 5.82 Å². The average Bonchev–Trinajstić information content (AvgIpc) is 2.66. The quantitative estimate of drug-likeness (QED) is 0.725. The lowest BCUT2D eigenvalue weighted by atomic mass is 10.1. The molecule has 2 heterocycles. The fourth-order valence-electron chi connectivity index (χ4n) is 2.33. The number of aromatic nitrogens is 3. The summed E-state index contributed by atoms with van der Waals surface area (Å²) in [5.41, 5.74) is 3.41. The first-order valence-electron chi connectivity index (χ1n) is 8.02. The molecule has 6 heteroatoms. The van der Waals surface area contributed by atoms with E-state index in [1.54, 1.807) is 18.3 Å². The van der Waals surface area contributed by atoms with Crippen molar-refractivity contribution in [3.63, 3.8) is 0 Å². The summed E-state index contributed by atoms with van der Waals surface area (Å²) in [6, 6.07) is 17.1. The fraction of sp³-hybridized carbons (Fsp3) is 0.158. The summed E-state index contributed by atoms with van der Waals surface area (Å²) in [4.78, 5) is 16.4. The molecule has 0 aliphatic heterocycles. The van der Waals surface area contributed by atoms with Crippen LogP contribution in [0.15, 0.2) is 60.8 Å². The molecule has 3 aromatic rings. The SMILES string of the molecule is Cc1cccc(CNC(=O)c2ccc(NCc3ccccn3)nn2)c1.